The number of nitrogens with one attached hydrogen (secondary N) is 1. The van der Waals surface area contributed by atoms with Crippen LogP contribution in [0.1, 0.15) is 43.1 Å². The van der Waals surface area contributed by atoms with E-state index >= 15 is 0 Å². The SMILES string of the molecule is CC(NCc1cncn1C1CC1)c1ccc(F)cc1. The predicted octanol–water partition coefficient (Wildman–Crippen LogP) is 3.21. The van der Waals surface area contributed by atoms with E-state index in [9.17, 15) is 4.39 Å². The van der Waals surface area contributed by atoms with Crippen LogP contribution in [-0.2, 0) is 6.54 Å². The molecule has 2 aromatic rings. The van der Waals surface area contributed by atoms with Gasteiger partial charge in [-0.3, -0.25) is 0 Å². The number of hydrogen-bond acceptors (Lipinski definition) is 2. The van der Waals surface area contributed by atoms with E-state index in [2.05, 4.69) is 21.8 Å². The van der Waals surface area contributed by atoms with Crippen LogP contribution in [0, 0.1) is 5.82 Å². The molecule has 1 aliphatic rings. The summed E-state index contributed by atoms with van der Waals surface area (Å²) in [5.41, 5.74) is 2.32. The van der Waals surface area contributed by atoms with Gasteiger partial charge in [-0.25, -0.2) is 9.37 Å². The smallest absolute Gasteiger partial charge is 0.123 e. The maximum Gasteiger partial charge on any atom is 0.123 e. The van der Waals surface area contributed by atoms with E-state index in [4.69, 9.17) is 0 Å². The van der Waals surface area contributed by atoms with E-state index in [-0.39, 0.29) is 11.9 Å². The number of imidazole rings is 1. The molecule has 1 fully saturated rings. The average Bonchev–Trinajstić information content (AvgIpc) is 3.16. The van der Waals surface area contributed by atoms with Crippen LogP contribution >= 0.6 is 0 Å². The number of halogens is 1. The van der Waals surface area contributed by atoms with Crippen molar-refractivity contribution in [3.63, 3.8) is 0 Å². The van der Waals surface area contributed by atoms with Gasteiger partial charge in [-0.2, -0.15) is 0 Å². The quantitative estimate of drug-likeness (QED) is 0.893. The Labute approximate surface area is 112 Å². The highest BCUT2D eigenvalue weighted by Gasteiger charge is 2.25. The Kier molecular flexibility index (Phi) is 3.34. The van der Waals surface area contributed by atoms with Gasteiger partial charge in [0.1, 0.15) is 5.82 Å². The first kappa shape index (κ1) is 12.4. The molecule has 4 heteroatoms. The molecule has 0 aliphatic heterocycles. The summed E-state index contributed by atoms with van der Waals surface area (Å²) in [6, 6.07) is 7.50. The molecule has 100 valence electrons. The fraction of sp³-hybridized carbons (Fsp3) is 0.400. The Hall–Kier alpha value is -1.68. The van der Waals surface area contributed by atoms with Crippen molar-refractivity contribution in [3.05, 3.63) is 53.9 Å². The third-order valence-corrected chi connectivity index (χ3v) is 3.65. The molecule has 1 unspecified atom stereocenters. The van der Waals surface area contributed by atoms with Gasteiger partial charge in [0.15, 0.2) is 0 Å². The fourth-order valence-corrected chi connectivity index (χ4v) is 2.28. The molecule has 1 aliphatic carbocycles. The first-order chi connectivity index (χ1) is 9.24. The van der Waals surface area contributed by atoms with E-state index < -0.39 is 0 Å². The van der Waals surface area contributed by atoms with Gasteiger partial charge in [-0.1, -0.05) is 12.1 Å². The second-order valence-electron chi connectivity index (χ2n) is 5.18. The molecule has 1 N–H and O–H groups in total. The first-order valence-corrected chi connectivity index (χ1v) is 6.73. The topological polar surface area (TPSA) is 29.9 Å². The normalized spacial score (nSPS) is 16.5. The lowest BCUT2D eigenvalue weighted by Crippen LogP contribution is -2.19. The zero-order chi connectivity index (χ0) is 13.2. The van der Waals surface area contributed by atoms with Gasteiger partial charge in [-0.15, -0.1) is 0 Å². The van der Waals surface area contributed by atoms with Crippen molar-refractivity contribution >= 4 is 0 Å². The van der Waals surface area contributed by atoms with Gasteiger partial charge < -0.3 is 9.88 Å². The first-order valence-electron chi connectivity index (χ1n) is 6.73. The predicted molar refractivity (Wildman–Crippen MR) is 72.2 cm³/mol. The Bertz CT molecular complexity index is 543. The summed E-state index contributed by atoms with van der Waals surface area (Å²) in [5.74, 6) is -0.192. The fourth-order valence-electron chi connectivity index (χ4n) is 2.28. The summed E-state index contributed by atoms with van der Waals surface area (Å²) < 4.78 is 15.1. The Morgan fingerprint density at radius 2 is 2.11 bits per heavy atom. The number of nitrogens with zero attached hydrogens (tertiary/aromatic N) is 2. The largest absolute Gasteiger partial charge is 0.330 e. The molecule has 3 rings (SSSR count). The molecule has 1 aromatic carbocycles. The van der Waals surface area contributed by atoms with Crippen LogP contribution in [0.15, 0.2) is 36.8 Å². The Balaban J connectivity index is 1.62. The Morgan fingerprint density at radius 3 is 2.79 bits per heavy atom. The molecule has 0 amide bonds. The highest BCUT2D eigenvalue weighted by molar-refractivity contribution is 5.19. The van der Waals surface area contributed by atoms with E-state index in [1.54, 1.807) is 0 Å². The van der Waals surface area contributed by atoms with Crippen molar-refractivity contribution in [2.24, 2.45) is 0 Å². The molecule has 1 saturated carbocycles. The van der Waals surface area contributed by atoms with E-state index in [1.165, 1.54) is 30.7 Å². The lowest BCUT2D eigenvalue weighted by Gasteiger charge is -2.15. The number of aromatic nitrogens is 2. The van der Waals surface area contributed by atoms with Crippen molar-refractivity contribution < 1.29 is 4.39 Å². The number of benzene rings is 1. The molecule has 1 atom stereocenters. The molecule has 1 aromatic heterocycles. The van der Waals surface area contributed by atoms with Crippen molar-refractivity contribution in [2.75, 3.05) is 0 Å². The molecule has 0 radical (unpaired) electrons. The molecule has 19 heavy (non-hydrogen) atoms. The van der Waals surface area contributed by atoms with Crippen LogP contribution in [0.4, 0.5) is 4.39 Å². The van der Waals surface area contributed by atoms with Gasteiger partial charge >= 0.3 is 0 Å². The van der Waals surface area contributed by atoms with Gasteiger partial charge in [0.2, 0.25) is 0 Å². The minimum Gasteiger partial charge on any atom is -0.330 e. The lowest BCUT2D eigenvalue weighted by atomic mass is 10.1. The van der Waals surface area contributed by atoms with Gasteiger partial charge in [-0.05, 0) is 37.5 Å². The van der Waals surface area contributed by atoms with Crippen LogP contribution in [0.5, 0.6) is 0 Å². The average molecular weight is 259 g/mol. The highest BCUT2D eigenvalue weighted by atomic mass is 19.1. The highest BCUT2D eigenvalue weighted by Crippen LogP contribution is 2.35. The van der Waals surface area contributed by atoms with Crippen molar-refractivity contribution in [2.45, 2.75) is 38.4 Å². The Morgan fingerprint density at radius 1 is 1.37 bits per heavy atom. The lowest BCUT2D eigenvalue weighted by molar-refractivity contribution is 0.545. The second kappa shape index (κ2) is 5.13. The van der Waals surface area contributed by atoms with Crippen LogP contribution < -0.4 is 5.32 Å². The summed E-state index contributed by atoms with van der Waals surface area (Å²) in [5, 5.41) is 3.46. The van der Waals surface area contributed by atoms with E-state index in [0.29, 0.717) is 6.04 Å². The molecular formula is C15H18FN3. The second-order valence-corrected chi connectivity index (χ2v) is 5.18. The molecule has 0 bridgehead atoms. The number of hydrogen-bond donors (Lipinski definition) is 1. The zero-order valence-electron chi connectivity index (χ0n) is 11.0. The third kappa shape index (κ3) is 2.84. The van der Waals surface area contributed by atoms with E-state index in [1.807, 2.05) is 24.7 Å². The summed E-state index contributed by atoms with van der Waals surface area (Å²) in [6.45, 7) is 2.88. The van der Waals surface area contributed by atoms with Crippen LogP contribution in [0.3, 0.4) is 0 Å². The van der Waals surface area contributed by atoms with Crippen molar-refractivity contribution in [3.8, 4) is 0 Å². The maximum atomic E-state index is 12.9. The van der Waals surface area contributed by atoms with Crippen molar-refractivity contribution in [1.82, 2.24) is 14.9 Å². The van der Waals surface area contributed by atoms with Gasteiger partial charge in [0.25, 0.3) is 0 Å². The summed E-state index contributed by atoms with van der Waals surface area (Å²) >= 11 is 0. The molecule has 0 saturated heterocycles. The summed E-state index contributed by atoms with van der Waals surface area (Å²) in [6.07, 6.45) is 6.35. The van der Waals surface area contributed by atoms with Crippen LogP contribution in [-0.4, -0.2) is 9.55 Å². The standard InChI is InChI=1S/C15H18FN3/c1-11(12-2-4-13(16)5-3-12)18-9-15-8-17-10-19(15)14-6-7-14/h2-5,8,10-11,14,18H,6-7,9H2,1H3. The van der Waals surface area contributed by atoms with E-state index in [0.717, 1.165) is 12.1 Å². The molecular weight excluding hydrogens is 241 g/mol. The van der Waals surface area contributed by atoms with Crippen LogP contribution in [0.25, 0.3) is 0 Å². The molecule has 3 nitrogen and oxygen atoms in total. The number of rotatable bonds is 5. The maximum absolute atomic E-state index is 12.9. The molecule has 1 heterocycles. The minimum atomic E-state index is -0.192. The van der Waals surface area contributed by atoms with Crippen molar-refractivity contribution in [1.29, 1.82) is 0 Å². The van der Waals surface area contributed by atoms with Gasteiger partial charge in [0.05, 0.1) is 12.0 Å². The monoisotopic (exact) mass is 259 g/mol. The summed E-state index contributed by atoms with van der Waals surface area (Å²) in [7, 11) is 0. The zero-order valence-corrected chi connectivity index (χ0v) is 11.0. The van der Waals surface area contributed by atoms with Gasteiger partial charge in [0, 0.05) is 24.8 Å². The third-order valence-electron chi connectivity index (χ3n) is 3.65. The summed E-state index contributed by atoms with van der Waals surface area (Å²) in [4.78, 5) is 4.22. The van der Waals surface area contributed by atoms with Crippen LogP contribution in [0.2, 0.25) is 0 Å². The molecule has 0 spiro atoms. The minimum absolute atomic E-state index is 0.192.